The fourth-order valence-corrected chi connectivity index (χ4v) is 2.84. The van der Waals surface area contributed by atoms with Crippen LogP contribution in [0.3, 0.4) is 0 Å². The van der Waals surface area contributed by atoms with Gasteiger partial charge in [0.05, 0.1) is 6.04 Å². The van der Waals surface area contributed by atoms with E-state index in [1.807, 2.05) is 36.4 Å². The number of aliphatic carboxylic acids is 1. The van der Waals surface area contributed by atoms with Crippen LogP contribution < -0.4 is 10.6 Å². The SMILES string of the molecule is O=C(O)C(F)(F)F.O=C1CC[C@@H](NCc2ccccc2)[C@H](c2ccccc2)N1. The number of piperidine rings is 1. The van der Waals surface area contributed by atoms with E-state index in [2.05, 4.69) is 34.9 Å². The van der Waals surface area contributed by atoms with E-state index in [1.165, 1.54) is 5.56 Å². The van der Waals surface area contributed by atoms with Crippen LogP contribution in [0.2, 0.25) is 0 Å². The van der Waals surface area contributed by atoms with E-state index in [9.17, 15) is 18.0 Å². The summed E-state index contributed by atoms with van der Waals surface area (Å²) < 4.78 is 31.7. The van der Waals surface area contributed by atoms with E-state index in [0.717, 1.165) is 18.5 Å². The fraction of sp³-hybridized carbons (Fsp3) is 0.300. The molecule has 28 heavy (non-hydrogen) atoms. The van der Waals surface area contributed by atoms with Crippen molar-refractivity contribution >= 4 is 11.9 Å². The zero-order chi connectivity index (χ0) is 20.6. The first-order valence-electron chi connectivity index (χ1n) is 8.69. The Balaban J connectivity index is 0.000000345. The molecule has 3 N–H and O–H groups in total. The maximum Gasteiger partial charge on any atom is 0.490 e. The van der Waals surface area contributed by atoms with Gasteiger partial charge in [-0.05, 0) is 17.5 Å². The molecule has 3 rings (SSSR count). The first-order chi connectivity index (χ1) is 13.3. The smallest absolute Gasteiger partial charge is 0.475 e. The summed E-state index contributed by atoms with van der Waals surface area (Å²) in [4.78, 5) is 20.6. The average molecular weight is 394 g/mol. The van der Waals surface area contributed by atoms with Gasteiger partial charge in [0.1, 0.15) is 0 Å². The van der Waals surface area contributed by atoms with Crippen molar-refractivity contribution < 1.29 is 27.9 Å². The zero-order valence-electron chi connectivity index (χ0n) is 14.9. The second kappa shape index (κ2) is 9.89. The molecule has 2 aromatic rings. The molecule has 0 radical (unpaired) electrons. The van der Waals surface area contributed by atoms with Gasteiger partial charge in [-0.25, -0.2) is 4.79 Å². The van der Waals surface area contributed by atoms with E-state index < -0.39 is 12.1 Å². The highest BCUT2D eigenvalue weighted by molar-refractivity contribution is 5.77. The maximum absolute atomic E-state index is 11.7. The van der Waals surface area contributed by atoms with Gasteiger partial charge in [0.25, 0.3) is 0 Å². The van der Waals surface area contributed by atoms with Crippen molar-refractivity contribution in [3.63, 3.8) is 0 Å². The monoisotopic (exact) mass is 394 g/mol. The number of halogens is 3. The van der Waals surface area contributed by atoms with Crippen LogP contribution in [0.4, 0.5) is 13.2 Å². The lowest BCUT2D eigenvalue weighted by Gasteiger charge is -2.33. The van der Waals surface area contributed by atoms with E-state index in [0.29, 0.717) is 6.42 Å². The van der Waals surface area contributed by atoms with Crippen molar-refractivity contribution in [1.29, 1.82) is 0 Å². The quantitative estimate of drug-likeness (QED) is 0.743. The zero-order valence-corrected chi connectivity index (χ0v) is 14.9. The van der Waals surface area contributed by atoms with Gasteiger partial charge in [0, 0.05) is 19.0 Å². The summed E-state index contributed by atoms with van der Waals surface area (Å²) >= 11 is 0. The molecule has 2 aromatic carbocycles. The van der Waals surface area contributed by atoms with Crippen LogP contribution in [-0.4, -0.2) is 29.2 Å². The summed E-state index contributed by atoms with van der Waals surface area (Å²) in [6.07, 6.45) is -3.62. The highest BCUT2D eigenvalue weighted by atomic mass is 19.4. The number of rotatable bonds is 4. The third-order valence-corrected chi connectivity index (χ3v) is 4.21. The van der Waals surface area contributed by atoms with Crippen molar-refractivity contribution in [3.05, 3.63) is 71.8 Å². The standard InChI is InChI=1S/C18H20N2O.C2HF3O2/c21-17-12-11-16(19-13-14-7-3-1-4-8-14)18(20-17)15-9-5-2-6-10-15;3-2(4,5)1(6)7/h1-10,16,18-19H,11-13H2,(H,20,21);(H,6,7)/t16-,18+;/m1./s1. The highest BCUT2D eigenvalue weighted by Gasteiger charge is 2.38. The number of nitrogens with one attached hydrogen (secondary N) is 2. The minimum Gasteiger partial charge on any atom is -0.475 e. The Morgan fingerprint density at radius 3 is 2.14 bits per heavy atom. The minimum absolute atomic E-state index is 0.0520. The van der Waals surface area contributed by atoms with Gasteiger partial charge in [-0.1, -0.05) is 60.7 Å². The first-order valence-corrected chi connectivity index (χ1v) is 8.69. The van der Waals surface area contributed by atoms with Crippen LogP contribution in [0.15, 0.2) is 60.7 Å². The molecule has 0 bridgehead atoms. The number of carboxylic acids is 1. The van der Waals surface area contributed by atoms with E-state index in [4.69, 9.17) is 9.90 Å². The highest BCUT2D eigenvalue weighted by Crippen LogP contribution is 2.24. The molecule has 1 heterocycles. The van der Waals surface area contributed by atoms with Crippen molar-refractivity contribution in [2.24, 2.45) is 0 Å². The second-order valence-electron chi connectivity index (χ2n) is 6.27. The summed E-state index contributed by atoms with van der Waals surface area (Å²) in [5.41, 5.74) is 2.43. The van der Waals surface area contributed by atoms with Gasteiger partial charge in [-0.15, -0.1) is 0 Å². The number of carbonyl (C=O) groups is 2. The van der Waals surface area contributed by atoms with Crippen LogP contribution in [0.5, 0.6) is 0 Å². The molecule has 0 aromatic heterocycles. The summed E-state index contributed by atoms with van der Waals surface area (Å²) in [6, 6.07) is 20.9. The molecule has 1 saturated heterocycles. The topological polar surface area (TPSA) is 78.4 Å². The Kier molecular flexibility index (Phi) is 7.57. The van der Waals surface area contributed by atoms with Gasteiger partial charge in [0.15, 0.2) is 0 Å². The number of hydrogen-bond acceptors (Lipinski definition) is 3. The Bertz CT molecular complexity index is 767. The van der Waals surface area contributed by atoms with Crippen LogP contribution in [0, 0.1) is 0 Å². The number of hydrogen-bond donors (Lipinski definition) is 3. The molecule has 1 fully saturated rings. The first kappa shape index (κ1) is 21.4. The largest absolute Gasteiger partial charge is 0.490 e. The molecule has 0 aliphatic carbocycles. The third-order valence-electron chi connectivity index (χ3n) is 4.21. The number of carbonyl (C=O) groups excluding carboxylic acids is 1. The lowest BCUT2D eigenvalue weighted by atomic mass is 9.92. The molecule has 0 spiro atoms. The Morgan fingerprint density at radius 1 is 1.07 bits per heavy atom. The fourth-order valence-electron chi connectivity index (χ4n) is 2.84. The number of benzene rings is 2. The van der Waals surface area contributed by atoms with Crippen LogP contribution >= 0.6 is 0 Å². The molecule has 0 saturated carbocycles. The number of carboxylic acid groups (broad SMARTS) is 1. The molecule has 0 unspecified atom stereocenters. The summed E-state index contributed by atoms with van der Waals surface area (Å²) in [5, 5.41) is 13.8. The lowest BCUT2D eigenvalue weighted by molar-refractivity contribution is -0.192. The molecule has 150 valence electrons. The van der Waals surface area contributed by atoms with E-state index in [1.54, 1.807) is 0 Å². The van der Waals surface area contributed by atoms with Gasteiger partial charge in [-0.3, -0.25) is 4.79 Å². The van der Waals surface area contributed by atoms with E-state index >= 15 is 0 Å². The molecule has 1 aliphatic heterocycles. The Hall–Kier alpha value is -2.87. The predicted molar refractivity (Wildman–Crippen MR) is 97.3 cm³/mol. The molecule has 1 aliphatic rings. The summed E-state index contributed by atoms with van der Waals surface area (Å²) in [6.45, 7) is 0.824. The maximum atomic E-state index is 11.7. The van der Waals surface area contributed by atoms with E-state index in [-0.39, 0.29) is 18.0 Å². The van der Waals surface area contributed by atoms with Gasteiger partial charge in [0.2, 0.25) is 5.91 Å². The van der Waals surface area contributed by atoms with Crippen molar-refractivity contribution in [3.8, 4) is 0 Å². The molecular weight excluding hydrogens is 373 g/mol. The lowest BCUT2D eigenvalue weighted by Crippen LogP contribution is -2.48. The Labute approximate surface area is 160 Å². The summed E-state index contributed by atoms with van der Waals surface area (Å²) in [5.74, 6) is -2.62. The normalized spacial score (nSPS) is 19.2. The molecule has 1 amide bonds. The number of amides is 1. The van der Waals surface area contributed by atoms with Gasteiger partial charge < -0.3 is 15.7 Å². The van der Waals surface area contributed by atoms with Crippen LogP contribution in [0.25, 0.3) is 0 Å². The second-order valence-corrected chi connectivity index (χ2v) is 6.27. The molecular formula is C20H21F3N2O3. The van der Waals surface area contributed by atoms with Crippen molar-refractivity contribution in [1.82, 2.24) is 10.6 Å². The van der Waals surface area contributed by atoms with Crippen molar-refractivity contribution in [2.75, 3.05) is 0 Å². The predicted octanol–water partition coefficient (Wildman–Crippen LogP) is 3.43. The third kappa shape index (κ3) is 6.70. The van der Waals surface area contributed by atoms with Gasteiger partial charge in [-0.2, -0.15) is 13.2 Å². The van der Waals surface area contributed by atoms with Crippen molar-refractivity contribution in [2.45, 2.75) is 37.6 Å². The minimum atomic E-state index is -5.08. The van der Waals surface area contributed by atoms with Crippen LogP contribution in [0.1, 0.15) is 30.0 Å². The average Bonchev–Trinajstić information content (AvgIpc) is 2.68. The Morgan fingerprint density at radius 2 is 1.61 bits per heavy atom. The molecule has 2 atom stereocenters. The number of alkyl halides is 3. The molecule has 5 nitrogen and oxygen atoms in total. The van der Waals surface area contributed by atoms with Crippen LogP contribution in [-0.2, 0) is 16.1 Å². The molecule has 8 heteroatoms. The van der Waals surface area contributed by atoms with Gasteiger partial charge >= 0.3 is 12.1 Å². The summed E-state index contributed by atoms with van der Waals surface area (Å²) in [7, 11) is 0.